The predicted molar refractivity (Wildman–Crippen MR) is 95.1 cm³/mol. The lowest BCUT2D eigenvalue weighted by molar-refractivity contribution is -0.116. The Kier molecular flexibility index (Phi) is 5.86. The summed E-state index contributed by atoms with van der Waals surface area (Å²) >= 11 is 0. The lowest BCUT2D eigenvalue weighted by atomic mass is 9.95. The minimum absolute atomic E-state index is 0.0186. The van der Waals surface area contributed by atoms with Crippen molar-refractivity contribution in [3.8, 4) is 0 Å². The van der Waals surface area contributed by atoms with Crippen LogP contribution >= 0.6 is 0 Å². The van der Waals surface area contributed by atoms with Gasteiger partial charge in [0, 0.05) is 29.8 Å². The lowest BCUT2D eigenvalue weighted by Gasteiger charge is -2.22. The van der Waals surface area contributed by atoms with Crippen LogP contribution < -0.4 is 16.0 Å². The summed E-state index contributed by atoms with van der Waals surface area (Å²) < 4.78 is 0. The van der Waals surface area contributed by atoms with Crippen LogP contribution in [0.2, 0.25) is 0 Å². The van der Waals surface area contributed by atoms with Gasteiger partial charge in [0.05, 0.1) is 0 Å². The number of amides is 2. The highest BCUT2D eigenvalue weighted by Gasteiger charge is 2.18. The number of carbonyl (C=O) groups is 2. The van der Waals surface area contributed by atoms with E-state index in [1.54, 1.807) is 24.3 Å². The van der Waals surface area contributed by atoms with Crippen molar-refractivity contribution in [1.82, 2.24) is 10.6 Å². The third kappa shape index (κ3) is 4.81. The molecule has 2 fully saturated rings. The normalized spacial score (nSPS) is 21.4. The average Bonchev–Trinajstić information content (AvgIpc) is 3.09. The molecule has 0 spiro atoms. The van der Waals surface area contributed by atoms with Gasteiger partial charge in [-0.3, -0.25) is 9.59 Å². The lowest BCUT2D eigenvalue weighted by Crippen LogP contribution is -2.36. The van der Waals surface area contributed by atoms with Crippen molar-refractivity contribution in [3.63, 3.8) is 0 Å². The fourth-order valence-corrected chi connectivity index (χ4v) is 3.59. The number of hydrogen-bond acceptors (Lipinski definition) is 3. The number of nitrogens with one attached hydrogen (secondary N) is 3. The molecule has 24 heavy (non-hydrogen) atoms. The van der Waals surface area contributed by atoms with Gasteiger partial charge in [-0.05, 0) is 56.5 Å². The number of rotatable bonds is 5. The fraction of sp³-hybridized carbons (Fsp3) is 0.579. The maximum absolute atomic E-state index is 12.3. The molecule has 2 amide bonds. The first-order chi connectivity index (χ1) is 11.7. The van der Waals surface area contributed by atoms with Crippen molar-refractivity contribution >= 4 is 17.5 Å². The summed E-state index contributed by atoms with van der Waals surface area (Å²) in [5.74, 6) is 0.00346. The molecule has 1 saturated carbocycles. The van der Waals surface area contributed by atoms with Gasteiger partial charge in [-0.1, -0.05) is 19.3 Å². The van der Waals surface area contributed by atoms with Crippen LogP contribution in [0.1, 0.15) is 61.7 Å². The number of anilines is 1. The average molecular weight is 329 g/mol. The van der Waals surface area contributed by atoms with Crippen LogP contribution in [0.15, 0.2) is 24.3 Å². The highest BCUT2D eigenvalue weighted by atomic mass is 16.2. The molecule has 0 radical (unpaired) electrons. The van der Waals surface area contributed by atoms with Crippen molar-refractivity contribution in [1.29, 1.82) is 0 Å². The maximum Gasteiger partial charge on any atom is 0.251 e. The van der Waals surface area contributed by atoms with Crippen molar-refractivity contribution in [3.05, 3.63) is 29.8 Å². The van der Waals surface area contributed by atoms with E-state index < -0.39 is 0 Å². The second-order valence-electron chi connectivity index (χ2n) is 6.93. The minimum Gasteiger partial charge on any atom is -0.349 e. The summed E-state index contributed by atoms with van der Waals surface area (Å²) in [4.78, 5) is 24.3. The summed E-state index contributed by atoms with van der Waals surface area (Å²) in [7, 11) is 0. The molecule has 3 rings (SSSR count). The van der Waals surface area contributed by atoms with Crippen LogP contribution in [0.5, 0.6) is 0 Å². The van der Waals surface area contributed by atoms with Crippen LogP contribution in [0.4, 0.5) is 5.69 Å². The molecule has 1 atom stereocenters. The number of hydrogen-bond donors (Lipinski definition) is 3. The van der Waals surface area contributed by atoms with Crippen molar-refractivity contribution in [2.24, 2.45) is 0 Å². The molecule has 0 aromatic heterocycles. The molecule has 2 aliphatic rings. The first kappa shape index (κ1) is 17.0. The standard InChI is InChI=1S/C19H27N3O2/c23-18(13-17-7-4-12-20-17)21-16-10-8-14(9-11-16)19(24)22-15-5-2-1-3-6-15/h8-11,15,17,20H,1-7,12-13H2,(H,21,23)(H,22,24). The minimum atomic E-state index is -0.0186. The molecule has 5 nitrogen and oxygen atoms in total. The monoisotopic (exact) mass is 329 g/mol. The molecule has 1 aromatic rings. The number of carbonyl (C=O) groups excluding carboxylic acids is 2. The SMILES string of the molecule is O=C(CC1CCCN1)Nc1ccc(C(=O)NC2CCCCC2)cc1. The molecule has 1 aliphatic heterocycles. The van der Waals surface area contributed by atoms with Gasteiger partial charge in [0.25, 0.3) is 5.91 Å². The zero-order valence-electron chi connectivity index (χ0n) is 14.1. The molecule has 130 valence electrons. The second-order valence-corrected chi connectivity index (χ2v) is 6.93. The van der Waals surface area contributed by atoms with Gasteiger partial charge in [-0.25, -0.2) is 0 Å². The van der Waals surface area contributed by atoms with Crippen molar-refractivity contribution < 1.29 is 9.59 Å². The Morgan fingerprint density at radius 1 is 1.00 bits per heavy atom. The van der Waals surface area contributed by atoms with Gasteiger partial charge in [0.15, 0.2) is 0 Å². The highest BCUT2D eigenvalue weighted by molar-refractivity contribution is 5.96. The summed E-state index contributed by atoms with van der Waals surface area (Å²) in [6, 6.07) is 7.77. The van der Waals surface area contributed by atoms with E-state index in [9.17, 15) is 9.59 Å². The van der Waals surface area contributed by atoms with E-state index in [0.717, 1.165) is 37.9 Å². The molecule has 1 unspecified atom stereocenters. The molecular formula is C19H27N3O2. The highest BCUT2D eigenvalue weighted by Crippen LogP contribution is 2.18. The van der Waals surface area contributed by atoms with Crippen LogP contribution in [0, 0.1) is 0 Å². The van der Waals surface area contributed by atoms with Gasteiger partial charge >= 0.3 is 0 Å². The van der Waals surface area contributed by atoms with E-state index in [1.807, 2.05) is 0 Å². The van der Waals surface area contributed by atoms with Gasteiger partial charge in [0.1, 0.15) is 0 Å². The van der Waals surface area contributed by atoms with Gasteiger partial charge in [0.2, 0.25) is 5.91 Å². The van der Waals surface area contributed by atoms with E-state index in [0.29, 0.717) is 24.1 Å². The Balaban J connectivity index is 1.48. The molecule has 1 aliphatic carbocycles. The Morgan fingerprint density at radius 2 is 1.75 bits per heavy atom. The molecular weight excluding hydrogens is 302 g/mol. The second kappa shape index (κ2) is 8.29. The van der Waals surface area contributed by atoms with Crippen molar-refractivity contribution in [2.45, 2.75) is 63.5 Å². The van der Waals surface area contributed by atoms with Crippen LogP contribution in [-0.2, 0) is 4.79 Å². The van der Waals surface area contributed by atoms with Crippen LogP contribution in [0.25, 0.3) is 0 Å². The summed E-state index contributed by atoms with van der Waals surface area (Å²) in [6.07, 6.45) is 8.54. The third-order valence-electron chi connectivity index (χ3n) is 4.97. The van der Waals surface area contributed by atoms with Crippen LogP contribution in [-0.4, -0.2) is 30.4 Å². The Bertz CT molecular complexity index is 558. The molecule has 3 N–H and O–H groups in total. The van der Waals surface area contributed by atoms with E-state index >= 15 is 0 Å². The van der Waals surface area contributed by atoms with E-state index in [-0.39, 0.29) is 11.8 Å². The third-order valence-corrected chi connectivity index (χ3v) is 4.97. The molecule has 5 heteroatoms. The molecule has 1 aromatic carbocycles. The van der Waals surface area contributed by atoms with E-state index in [1.165, 1.54) is 19.3 Å². The first-order valence-corrected chi connectivity index (χ1v) is 9.15. The first-order valence-electron chi connectivity index (χ1n) is 9.15. The van der Waals surface area contributed by atoms with Gasteiger partial charge in [-0.15, -0.1) is 0 Å². The Labute approximate surface area is 143 Å². The molecule has 1 saturated heterocycles. The Hall–Kier alpha value is -1.88. The van der Waals surface area contributed by atoms with E-state index in [4.69, 9.17) is 0 Å². The van der Waals surface area contributed by atoms with E-state index in [2.05, 4.69) is 16.0 Å². The van der Waals surface area contributed by atoms with Gasteiger partial charge < -0.3 is 16.0 Å². The zero-order valence-corrected chi connectivity index (χ0v) is 14.1. The topological polar surface area (TPSA) is 70.2 Å². The predicted octanol–water partition coefficient (Wildman–Crippen LogP) is 2.83. The molecule has 0 bridgehead atoms. The summed E-state index contributed by atoms with van der Waals surface area (Å²) in [5, 5.41) is 9.34. The largest absolute Gasteiger partial charge is 0.349 e. The summed E-state index contributed by atoms with van der Waals surface area (Å²) in [5.41, 5.74) is 1.39. The Morgan fingerprint density at radius 3 is 2.42 bits per heavy atom. The quantitative estimate of drug-likeness (QED) is 0.778. The molecule has 1 heterocycles. The van der Waals surface area contributed by atoms with Crippen molar-refractivity contribution in [2.75, 3.05) is 11.9 Å². The number of benzene rings is 1. The smallest absolute Gasteiger partial charge is 0.251 e. The van der Waals surface area contributed by atoms with Crippen LogP contribution in [0.3, 0.4) is 0 Å². The van der Waals surface area contributed by atoms with Gasteiger partial charge in [-0.2, -0.15) is 0 Å². The fourth-order valence-electron chi connectivity index (χ4n) is 3.59. The maximum atomic E-state index is 12.3. The summed E-state index contributed by atoms with van der Waals surface area (Å²) in [6.45, 7) is 1.00. The zero-order chi connectivity index (χ0) is 16.8.